The van der Waals surface area contributed by atoms with Crippen LogP contribution in [0.2, 0.25) is 0 Å². The number of anilines is 4. The second-order valence-corrected chi connectivity index (χ2v) is 6.61. The lowest BCUT2D eigenvalue weighted by Crippen LogP contribution is -2.47. The van der Waals surface area contributed by atoms with Crippen molar-refractivity contribution in [1.29, 1.82) is 0 Å². The van der Waals surface area contributed by atoms with E-state index in [9.17, 15) is 0 Å². The van der Waals surface area contributed by atoms with Gasteiger partial charge in [0.25, 0.3) is 0 Å². The van der Waals surface area contributed by atoms with E-state index in [1.54, 1.807) is 18.6 Å². The number of hydrogen-bond acceptors (Lipinski definition) is 8. The largest absolute Gasteiger partial charge is 0.339 e. The zero-order valence-electron chi connectivity index (χ0n) is 15.5. The van der Waals surface area contributed by atoms with E-state index in [4.69, 9.17) is 0 Å². The second-order valence-electron chi connectivity index (χ2n) is 6.61. The number of nitrogens with zero attached hydrogens (tertiary/aromatic N) is 7. The Hall–Kier alpha value is -3.29. The molecule has 3 heterocycles. The first-order chi connectivity index (χ1) is 13.2. The molecule has 2 aromatic heterocycles. The van der Waals surface area contributed by atoms with E-state index in [0.717, 1.165) is 37.8 Å². The van der Waals surface area contributed by atoms with Crippen LogP contribution in [0.4, 0.5) is 23.4 Å². The molecule has 27 heavy (non-hydrogen) atoms. The quantitative estimate of drug-likeness (QED) is 0.757. The van der Waals surface area contributed by atoms with Crippen molar-refractivity contribution in [2.45, 2.75) is 13.8 Å². The Labute approximate surface area is 158 Å². The third-order valence-electron chi connectivity index (χ3n) is 4.59. The third-order valence-corrected chi connectivity index (χ3v) is 4.59. The van der Waals surface area contributed by atoms with Crippen molar-refractivity contribution in [3.05, 3.63) is 54.0 Å². The normalized spacial score (nSPS) is 14.3. The SMILES string of the molecule is Cc1ccc(Nc2cnnc(N3CCN(c4ncccn4)CC3)n2)c(C)c1. The van der Waals surface area contributed by atoms with Gasteiger partial charge in [-0.1, -0.05) is 17.7 Å². The predicted molar refractivity (Wildman–Crippen MR) is 105 cm³/mol. The average molecular weight is 362 g/mol. The van der Waals surface area contributed by atoms with Crippen LogP contribution in [0, 0.1) is 13.8 Å². The summed E-state index contributed by atoms with van der Waals surface area (Å²) in [5.74, 6) is 2.10. The molecule has 3 aromatic rings. The van der Waals surface area contributed by atoms with Crippen LogP contribution < -0.4 is 15.1 Å². The first kappa shape index (κ1) is 17.1. The number of hydrogen-bond donors (Lipinski definition) is 1. The fraction of sp³-hybridized carbons (Fsp3) is 0.316. The van der Waals surface area contributed by atoms with Crippen LogP contribution in [0.1, 0.15) is 11.1 Å². The van der Waals surface area contributed by atoms with Crippen molar-refractivity contribution < 1.29 is 0 Å². The Morgan fingerprint density at radius 1 is 0.926 bits per heavy atom. The van der Waals surface area contributed by atoms with E-state index in [0.29, 0.717) is 11.8 Å². The lowest BCUT2D eigenvalue weighted by atomic mass is 10.1. The molecule has 8 heteroatoms. The van der Waals surface area contributed by atoms with Crippen molar-refractivity contribution in [2.75, 3.05) is 41.3 Å². The van der Waals surface area contributed by atoms with E-state index in [-0.39, 0.29) is 0 Å². The number of aryl methyl sites for hydroxylation is 2. The first-order valence-electron chi connectivity index (χ1n) is 9.00. The van der Waals surface area contributed by atoms with Crippen molar-refractivity contribution in [3.8, 4) is 0 Å². The Balaban J connectivity index is 1.44. The van der Waals surface area contributed by atoms with Gasteiger partial charge in [0.05, 0.1) is 6.20 Å². The lowest BCUT2D eigenvalue weighted by molar-refractivity contribution is 0.624. The van der Waals surface area contributed by atoms with Gasteiger partial charge in [0.2, 0.25) is 11.9 Å². The molecule has 0 atom stereocenters. The number of piperazine rings is 1. The van der Waals surface area contributed by atoms with Crippen LogP contribution in [-0.4, -0.2) is 51.3 Å². The summed E-state index contributed by atoms with van der Waals surface area (Å²) >= 11 is 0. The highest BCUT2D eigenvalue weighted by Crippen LogP contribution is 2.21. The van der Waals surface area contributed by atoms with Crippen molar-refractivity contribution >= 4 is 23.4 Å². The fourth-order valence-corrected chi connectivity index (χ4v) is 3.14. The fourth-order valence-electron chi connectivity index (χ4n) is 3.14. The zero-order valence-corrected chi connectivity index (χ0v) is 15.5. The average Bonchev–Trinajstić information content (AvgIpc) is 2.71. The Bertz CT molecular complexity index is 907. The maximum Gasteiger partial charge on any atom is 0.247 e. The smallest absolute Gasteiger partial charge is 0.247 e. The van der Waals surface area contributed by atoms with Gasteiger partial charge < -0.3 is 15.1 Å². The van der Waals surface area contributed by atoms with Gasteiger partial charge in [0.1, 0.15) is 0 Å². The van der Waals surface area contributed by atoms with Gasteiger partial charge in [-0.25, -0.2) is 9.97 Å². The highest BCUT2D eigenvalue weighted by Gasteiger charge is 2.21. The molecule has 0 amide bonds. The van der Waals surface area contributed by atoms with Crippen LogP contribution >= 0.6 is 0 Å². The van der Waals surface area contributed by atoms with E-state index in [1.807, 2.05) is 6.07 Å². The summed E-state index contributed by atoms with van der Waals surface area (Å²) < 4.78 is 0. The molecule has 1 aromatic carbocycles. The summed E-state index contributed by atoms with van der Waals surface area (Å²) in [4.78, 5) is 17.6. The number of benzene rings is 1. The topological polar surface area (TPSA) is 83.0 Å². The number of nitrogens with one attached hydrogen (secondary N) is 1. The van der Waals surface area contributed by atoms with Gasteiger partial charge >= 0.3 is 0 Å². The van der Waals surface area contributed by atoms with E-state index in [1.165, 1.54) is 11.1 Å². The molecule has 0 spiro atoms. The number of rotatable bonds is 4. The summed E-state index contributed by atoms with van der Waals surface area (Å²) in [5, 5.41) is 11.7. The summed E-state index contributed by atoms with van der Waals surface area (Å²) in [6.45, 7) is 7.40. The highest BCUT2D eigenvalue weighted by molar-refractivity contribution is 5.61. The van der Waals surface area contributed by atoms with Gasteiger partial charge in [0.15, 0.2) is 5.82 Å². The zero-order chi connectivity index (χ0) is 18.6. The molecule has 4 rings (SSSR count). The van der Waals surface area contributed by atoms with Gasteiger partial charge in [-0.15, -0.1) is 5.10 Å². The lowest BCUT2D eigenvalue weighted by Gasteiger charge is -2.34. The molecule has 1 saturated heterocycles. The first-order valence-corrected chi connectivity index (χ1v) is 9.00. The summed E-state index contributed by atoms with van der Waals surface area (Å²) in [5.41, 5.74) is 3.43. The van der Waals surface area contributed by atoms with Crippen LogP contribution in [0.3, 0.4) is 0 Å². The van der Waals surface area contributed by atoms with Gasteiger partial charge in [-0.3, -0.25) is 0 Å². The highest BCUT2D eigenvalue weighted by atomic mass is 15.4. The third kappa shape index (κ3) is 3.94. The van der Waals surface area contributed by atoms with Gasteiger partial charge in [-0.05, 0) is 31.5 Å². The molecule has 0 saturated carbocycles. The summed E-state index contributed by atoms with van der Waals surface area (Å²) in [6, 6.07) is 8.11. The van der Waals surface area contributed by atoms with Gasteiger partial charge in [-0.2, -0.15) is 10.1 Å². The number of aromatic nitrogens is 5. The molecule has 8 nitrogen and oxygen atoms in total. The molecule has 1 aliphatic rings. The molecule has 0 bridgehead atoms. The van der Waals surface area contributed by atoms with Gasteiger partial charge in [0, 0.05) is 44.3 Å². The second kappa shape index (κ2) is 7.53. The molecule has 0 aliphatic carbocycles. The summed E-state index contributed by atoms with van der Waals surface area (Å²) in [7, 11) is 0. The Morgan fingerprint density at radius 2 is 1.63 bits per heavy atom. The van der Waals surface area contributed by atoms with E-state index in [2.05, 4.69) is 72.3 Å². The minimum absolute atomic E-state index is 0.637. The van der Waals surface area contributed by atoms with Crippen LogP contribution in [0.15, 0.2) is 42.9 Å². The summed E-state index contributed by atoms with van der Waals surface area (Å²) in [6.07, 6.45) is 5.19. The van der Waals surface area contributed by atoms with Crippen LogP contribution in [-0.2, 0) is 0 Å². The van der Waals surface area contributed by atoms with Crippen LogP contribution in [0.5, 0.6) is 0 Å². The Morgan fingerprint density at radius 3 is 2.33 bits per heavy atom. The van der Waals surface area contributed by atoms with Crippen molar-refractivity contribution in [1.82, 2.24) is 25.1 Å². The maximum absolute atomic E-state index is 4.64. The van der Waals surface area contributed by atoms with E-state index < -0.39 is 0 Å². The molecule has 1 fully saturated rings. The Kier molecular flexibility index (Phi) is 4.78. The molecule has 0 radical (unpaired) electrons. The predicted octanol–water partition coefficient (Wildman–Crippen LogP) is 2.35. The van der Waals surface area contributed by atoms with Crippen LogP contribution in [0.25, 0.3) is 0 Å². The monoisotopic (exact) mass is 362 g/mol. The molecular weight excluding hydrogens is 340 g/mol. The minimum atomic E-state index is 0.637. The standard InChI is InChI=1S/C19H22N8/c1-14-4-5-16(15(2)12-14)23-17-13-22-25-19(24-17)27-10-8-26(9-11-27)18-20-6-3-7-21-18/h3-7,12-13H,8-11H2,1-2H3,(H,23,24,25). The van der Waals surface area contributed by atoms with Crippen molar-refractivity contribution in [2.24, 2.45) is 0 Å². The van der Waals surface area contributed by atoms with Crippen molar-refractivity contribution in [3.63, 3.8) is 0 Å². The maximum atomic E-state index is 4.64. The molecular formula is C19H22N8. The van der Waals surface area contributed by atoms with E-state index >= 15 is 0 Å². The molecule has 138 valence electrons. The minimum Gasteiger partial charge on any atom is -0.339 e. The molecule has 1 N–H and O–H groups in total. The molecule has 1 aliphatic heterocycles. The molecule has 0 unspecified atom stereocenters.